The van der Waals surface area contributed by atoms with E-state index in [0.717, 1.165) is 10.9 Å². The number of hydrogen-bond acceptors (Lipinski definition) is 3. The minimum atomic E-state index is 0. The van der Waals surface area contributed by atoms with Crippen LogP contribution in [0.2, 0.25) is 0 Å². The first-order valence-corrected chi connectivity index (χ1v) is 3.88. The monoisotopic (exact) mass is 197 g/mol. The summed E-state index contributed by atoms with van der Waals surface area (Å²) in [5.74, 6) is 0. The molecule has 60 valence electrons. The molecule has 0 radical (unpaired) electrons. The number of fused-ring (bicyclic) bond motifs is 1. The largest absolute Gasteiger partial charge is 1.00 e. The molecule has 0 atom stereocenters. The predicted molar refractivity (Wildman–Crippen MR) is 44.4 cm³/mol. The molecule has 1 aromatic carbocycles. The molecule has 0 saturated carbocycles. The van der Waals surface area contributed by atoms with E-state index >= 15 is 0 Å². The molecule has 0 saturated heterocycles. The Bertz CT molecular complexity index is 431. The molecule has 0 N–H and O–H groups in total. The molecule has 12 heavy (non-hydrogen) atoms. The lowest BCUT2D eigenvalue weighted by Gasteiger charge is -1.78. The van der Waals surface area contributed by atoms with E-state index in [0.29, 0.717) is 5.00 Å². The van der Waals surface area contributed by atoms with Crippen LogP contribution in [0.1, 0.15) is 0 Å². The van der Waals surface area contributed by atoms with Gasteiger partial charge in [0.1, 0.15) is 5.39 Å². The van der Waals surface area contributed by atoms with Crippen LogP contribution in [0.3, 0.4) is 0 Å². The van der Waals surface area contributed by atoms with Gasteiger partial charge in [0, 0.05) is 0 Å². The quantitative estimate of drug-likeness (QED) is 0.549. The van der Waals surface area contributed by atoms with Gasteiger partial charge in [0.25, 0.3) is 0 Å². The van der Waals surface area contributed by atoms with Gasteiger partial charge in [0.05, 0.1) is 17.0 Å². The minimum absolute atomic E-state index is 0. The Morgan fingerprint density at radius 3 is 2.83 bits per heavy atom. The summed E-state index contributed by atoms with van der Waals surface area (Å²) in [5.41, 5.74) is 0.880. The van der Waals surface area contributed by atoms with E-state index < -0.39 is 0 Å². The van der Waals surface area contributed by atoms with Gasteiger partial charge in [-0.2, -0.15) is 4.37 Å². The number of aromatic nitrogens is 1. The standard InChI is InChI=1S/C7H4N3S.ClH/c8-9-7-5-3-1-2-4-6(5)10-11-7;/h1-4H;1H/q+1;/p-1. The van der Waals surface area contributed by atoms with Crippen LogP contribution in [-0.4, -0.2) is 4.37 Å². The van der Waals surface area contributed by atoms with Crippen molar-refractivity contribution in [2.75, 3.05) is 0 Å². The summed E-state index contributed by atoms with van der Waals surface area (Å²) in [4.78, 5) is 3.11. The molecule has 1 aromatic heterocycles. The van der Waals surface area contributed by atoms with Crippen molar-refractivity contribution < 1.29 is 12.4 Å². The van der Waals surface area contributed by atoms with Crippen molar-refractivity contribution in [1.29, 1.82) is 5.39 Å². The van der Waals surface area contributed by atoms with E-state index in [1.165, 1.54) is 11.5 Å². The van der Waals surface area contributed by atoms with Crippen molar-refractivity contribution in [3.8, 4) is 0 Å². The second-order valence-corrected chi connectivity index (χ2v) is 2.86. The molecule has 0 bridgehead atoms. The number of nitrogens with zero attached hydrogens (tertiary/aromatic N) is 3. The molecular formula is C7H4ClN3S. The van der Waals surface area contributed by atoms with Crippen LogP contribution in [-0.2, 0) is 0 Å². The third kappa shape index (κ3) is 1.24. The SMILES string of the molecule is N#[N+]c1snc2ccccc12.[Cl-]. The van der Waals surface area contributed by atoms with Gasteiger partial charge in [-0.3, -0.25) is 0 Å². The van der Waals surface area contributed by atoms with Crippen LogP contribution < -0.4 is 12.4 Å². The van der Waals surface area contributed by atoms with Gasteiger partial charge in [-0.25, -0.2) is 0 Å². The van der Waals surface area contributed by atoms with Gasteiger partial charge in [0.15, 0.2) is 4.98 Å². The number of diazo groups is 1. The van der Waals surface area contributed by atoms with Crippen LogP contribution >= 0.6 is 11.5 Å². The first kappa shape index (κ1) is 8.91. The Kier molecular flexibility index (Phi) is 2.58. The molecule has 0 fully saturated rings. The Morgan fingerprint density at radius 1 is 1.33 bits per heavy atom. The van der Waals surface area contributed by atoms with Gasteiger partial charge in [-0.15, -0.1) is 0 Å². The third-order valence-corrected chi connectivity index (χ3v) is 2.22. The zero-order valence-corrected chi connectivity index (χ0v) is 7.51. The highest BCUT2D eigenvalue weighted by molar-refractivity contribution is 7.11. The molecule has 0 aliphatic heterocycles. The molecular weight excluding hydrogens is 194 g/mol. The van der Waals surface area contributed by atoms with Crippen molar-refractivity contribution >= 4 is 27.4 Å². The molecule has 0 spiro atoms. The molecule has 3 nitrogen and oxygen atoms in total. The minimum Gasteiger partial charge on any atom is -1.00 e. The van der Waals surface area contributed by atoms with E-state index in [-0.39, 0.29) is 12.4 Å². The number of halogens is 1. The summed E-state index contributed by atoms with van der Waals surface area (Å²) in [6, 6.07) is 7.57. The first-order valence-electron chi connectivity index (χ1n) is 3.11. The van der Waals surface area contributed by atoms with Gasteiger partial charge < -0.3 is 12.4 Å². The molecule has 1 heterocycles. The lowest BCUT2D eigenvalue weighted by Crippen LogP contribution is -3.00. The predicted octanol–water partition coefficient (Wildman–Crippen LogP) is -0.215. The van der Waals surface area contributed by atoms with Crippen molar-refractivity contribution in [2.24, 2.45) is 0 Å². The average molecular weight is 198 g/mol. The normalized spacial score (nSPS) is 8.92. The molecule has 0 amide bonds. The van der Waals surface area contributed by atoms with Crippen molar-refractivity contribution in [3.05, 3.63) is 29.2 Å². The van der Waals surface area contributed by atoms with Crippen LogP contribution in [0.4, 0.5) is 5.00 Å². The molecule has 5 heteroatoms. The third-order valence-electron chi connectivity index (χ3n) is 1.46. The summed E-state index contributed by atoms with van der Waals surface area (Å²) in [5, 5.41) is 9.99. The maximum atomic E-state index is 8.52. The second-order valence-electron chi connectivity index (χ2n) is 2.10. The second kappa shape index (κ2) is 3.48. The van der Waals surface area contributed by atoms with Crippen molar-refractivity contribution in [1.82, 2.24) is 4.37 Å². The Morgan fingerprint density at radius 2 is 2.08 bits per heavy atom. The van der Waals surface area contributed by atoms with Crippen molar-refractivity contribution in [3.63, 3.8) is 0 Å². The van der Waals surface area contributed by atoms with Crippen LogP contribution in [0.25, 0.3) is 15.9 Å². The summed E-state index contributed by atoms with van der Waals surface area (Å²) >= 11 is 1.20. The number of rotatable bonds is 0. The first-order chi connectivity index (χ1) is 5.42. The highest BCUT2D eigenvalue weighted by atomic mass is 35.5. The van der Waals surface area contributed by atoms with E-state index in [1.807, 2.05) is 24.3 Å². The summed E-state index contributed by atoms with van der Waals surface area (Å²) in [7, 11) is 0. The van der Waals surface area contributed by atoms with Crippen molar-refractivity contribution in [2.45, 2.75) is 0 Å². The van der Waals surface area contributed by atoms with Gasteiger partial charge >= 0.3 is 5.00 Å². The van der Waals surface area contributed by atoms with Crippen LogP contribution in [0.5, 0.6) is 0 Å². The average Bonchev–Trinajstić information content (AvgIpc) is 2.47. The van der Waals surface area contributed by atoms with E-state index in [2.05, 4.69) is 9.35 Å². The van der Waals surface area contributed by atoms with Crippen LogP contribution in [0, 0.1) is 5.39 Å². The molecule has 0 unspecified atom stereocenters. The van der Waals surface area contributed by atoms with E-state index in [1.54, 1.807) is 0 Å². The summed E-state index contributed by atoms with van der Waals surface area (Å²) in [6.45, 7) is 0. The van der Waals surface area contributed by atoms with Gasteiger partial charge in [-0.1, -0.05) is 12.1 Å². The zero-order valence-electron chi connectivity index (χ0n) is 5.94. The smallest absolute Gasteiger partial charge is 0.467 e. The number of hydrogen-bond donors (Lipinski definition) is 0. The highest BCUT2D eigenvalue weighted by Gasteiger charge is 2.14. The fraction of sp³-hybridized carbons (Fsp3) is 0. The molecule has 2 rings (SSSR count). The lowest BCUT2D eigenvalue weighted by molar-refractivity contribution is -0.00000238. The Hall–Kier alpha value is -1.18. The van der Waals surface area contributed by atoms with Gasteiger partial charge in [-0.05, 0) is 12.1 Å². The Balaban J connectivity index is 0.000000720. The number of benzene rings is 1. The van der Waals surface area contributed by atoms with Gasteiger partial charge in [0.2, 0.25) is 5.39 Å². The van der Waals surface area contributed by atoms with E-state index in [4.69, 9.17) is 5.39 Å². The Labute approximate surface area is 79.2 Å². The van der Waals surface area contributed by atoms with Crippen LogP contribution in [0.15, 0.2) is 24.3 Å². The van der Waals surface area contributed by atoms with E-state index in [9.17, 15) is 0 Å². The topological polar surface area (TPSA) is 41.0 Å². The summed E-state index contributed by atoms with van der Waals surface area (Å²) < 4.78 is 4.08. The molecule has 0 aliphatic carbocycles. The maximum absolute atomic E-state index is 8.52. The molecule has 0 aliphatic rings. The fourth-order valence-electron chi connectivity index (χ4n) is 0.948. The molecule has 2 aromatic rings. The fourth-order valence-corrected chi connectivity index (χ4v) is 1.60. The zero-order chi connectivity index (χ0) is 7.68. The highest BCUT2D eigenvalue weighted by Crippen LogP contribution is 2.29. The lowest BCUT2D eigenvalue weighted by atomic mass is 10.2. The maximum Gasteiger partial charge on any atom is 0.467 e. The summed E-state index contributed by atoms with van der Waals surface area (Å²) in [6.07, 6.45) is 0.